The summed E-state index contributed by atoms with van der Waals surface area (Å²) in [6, 6.07) is 0. The molecule has 1 amide bonds. The van der Waals surface area contributed by atoms with E-state index in [0.29, 0.717) is 46.0 Å². The predicted octanol–water partition coefficient (Wildman–Crippen LogP) is 2.50. The number of carbonyl (C=O) groups excluding carboxylic acids is 1. The van der Waals surface area contributed by atoms with Gasteiger partial charge in [0.1, 0.15) is 5.60 Å². The maximum atomic E-state index is 11.3. The van der Waals surface area contributed by atoms with Crippen LogP contribution in [0, 0.1) is 0 Å². The summed E-state index contributed by atoms with van der Waals surface area (Å²) in [6.45, 7) is 9.02. The lowest BCUT2D eigenvalue weighted by atomic mass is 10.2. The van der Waals surface area contributed by atoms with E-state index in [-0.39, 0.29) is 0 Å². The van der Waals surface area contributed by atoms with Crippen molar-refractivity contribution in [2.45, 2.75) is 26.4 Å². The molecule has 19 heavy (non-hydrogen) atoms. The van der Waals surface area contributed by atoms with Gasteiger partial charge in [-0.15, -0.1) is 0 Å². The van der Waals surface area contributed by atoms with E-state index in [1.54, 1.807) is 0 Å². The number of rotatable bonds is 10. The fraction of sp³-hybridized carbons (Fsp3) is 0.909. The molecule has 8 heteroatoms. The summed E-state index contributed by atoms with van der Waals surface area (Å²) in [5.41, 5.74) is -0.473. The molecule has 0 radical (unpaired) electrons. The molecule has 0 aliphatic rings. The minimum Gasteiger partial charge on any atom is -0.444 e. The molecule has 1 atom stereocenters. The minimum atomic E-state index is -0.473. The van der Waals surface area contributed by atoms with E-state index in [0.717, 1.165) is 0 Å². The predicted molar refractivity (Wildman–Crippen MR) is 84.2 cm³/mol. The molecule has 0 heterocycles. The van der Waals surface area contributed by atoms with Gasteiger partial charge < -0.3 is 24.1 Å². The van der Waals surface area contributed by atoms with Crippen molar-refractivity contribution in [1.29, 1.82) is 0 Å². The van der Waals surface area contributed by atoms with Gasteiger partial charge in [0, 0.05) is 6.54 Å². The van der Waals surface area contributed by atoms with Crippen LogP contribution in [0.15, 0.2) is 0 Å². The summed E-state index contributed by atoms with van der Waals surface area (Å²) in [7, 11) is 0. The van der Waals surface area contributed by atoms with Crippen molar-refractivity contribution < 1.29 is 23.5 Å². The van der Waals surface area contributed by atoms with Gasteiger partial charge in [0.2, 0.25) is 0 Å². The number of alkyl carbamates (subject to hydrolysis) is 1. The Labute approximate surface area is 129 Å². The third-order valence-corrected chi connectivity index (χ3v) is 2.92. The zero-order valence-corrected chi connectivity index (χ0v) is 14.8. The van der Waals surface area contributed by atoms with Gasteiger partial charge in [-0.25, -0.2) is 4.79 Å². The van der Waals surface area contributed by atoms with E-state index in [1.165, 1.54) is 0 Å². The Kier molecular flexibility index (Phi) is 12.3. The number of carbonyl (C=O) groups is 1. The maximum Gasteiger partial charge on any atom is 0.407 e. The largest absolute Gasteiger partial charge is 0.444 e. The van der Waals surface area contributed by atoms with E-state index in [9.17, 15) is 4.79 Å². The number of nitrogens with one attached hydrogen (secondary N) is 1. The molecule has 0 saturated carbocycles. The molecule has 0 aromatic carbocycles. The van der Waals surface area contributed by atoms with Gasteiger partial charge in [-0.2, -0.15) is 0 Å². The summed E-state index contributed by atoms with van der Waals surface area (Å²) >= 11 is 2.16. The Balaban J connectivity index is 3.21. The second-order valence-corrected chi connectivity index (χ2v) is 6.34. The lowest BCUT2D eigenvalue weighted by molar-refractivity contribution is 0.0342. The average molecular weight is 407 g/mol. The Morgan fingerprint density at radius 1 is 1.11 bits per heavy atom. The average Bonchev–Trinajstić information content (AvgIpc) is 2.29. The molecular formula is C11H23INO5P. The Hall–Kier alpha value is 0.310. The summed E-state index contributed by atoms with van der Waals surface area (Å²) in [5, 5.41) is 2.61. The van der Waals surface area contributed by atoms with Crippen molar-refractivity contribution in [3.05, 3.63) is 0 Å². The first-order valence-corrected chi connectivity index (χ1v) is 10.1. The standard InChI is InChI=1S/C11H23INO5P/c1-11(2,3)18-10(14)13-4-5-15-6-7-16-8-9-17-19-12/h19H,4-9H2,1-3H3,(H,13,14). The molecule has 0 saturated heterocycles. The summed E-state index contributed by atoms with van der Waals surface area (Å²) in [6.07, 6.45) is -0.427. The monoisotopic (exact) mass is 407 g/mol. The highest BCUT2D eigenvalue weighted by Crippen LogP contribution is 2.20. The van der Waals surface area contributed by atoms with Crippen LogP contribution in [-0.2, 0) is 18.7 Å². The molecule has 0 spiro atoms. The van der Waals surface area contributed by atoms with Gasteiger partial charge in [-0.05, 0) is 42.8 Å². The van der Waals surface area contributed by atoms with Crippen LogP contribution in [0.1, 0.15) is 20.8 Å². The van der Waals surface area contributed by atoms with E-state index in [1.807, 2.05) is 20.8 Å². The van der Waals surface area contributed by atoms with Crippen LogP contribution in [0.5, 0.6) is 0 Å². The molecule has 0 bridgehead atoms. The maximum absolute atomic E-state index is 11.3. The van der Waals surface area contributed by atoms with Crippen molar-refractivity contribution in [3.8, 4) is 0 Å². The summed E-state index contributed by atoms with van der Waals surface area (Å²) in [5.74, 6) is 0. The molecule has 1 unspecified atom stereocenters. The Bertz CT molecular complexity index is 238. The van der Waals surface area contributed by atoms with Crippen LogP contribution < -0.4 is 5.32 Å². The Morgan fingerprint density at radius 2 is 1.68 bits per heavy atom. The molecule has 0 rings (SSSR count). The number of amides is 1. The Morgan fingerprint density at radius 3 is 2.26 bits per heavy atom. The second-order valence-electron chi connectivity index (χ2n) is 4.58. The molecule has 0 aromatic heterocycles. The first-order chi connectivity index (χ1) is 8.95. The fourth-order valence-corrected chi connectivity index (χ4v) is 1.82. The molecule has 6 nitrogen and oxygen atoms in total. The number of hydrogen-bond donors (Lipinski definition) is 1. The summed E-state index contributed by atoms with van der Waals surface area (Å²) < 4.78 is 20.8. The number of halogens is 1. The smallest absolute Gasteiger partial charge is 0.407 e. The van der Waals surface area contributed by atoms with E-state index in [2.05, 4.69) is 27.4 Å². The number of hydrogen-bond acceptors (Lipinski definition) is 5. The lowest BCUT2D eigenvalue weighted by Crippen LogP contribution is -2.34. The van der Waals surface area contributed by atoms with E-state index >= 15 is 0 Å². The minimum absolute atomic E-state index is 0.425. The normalized spacial score (nSPS) is 12.0. The highest BCUT2D eigenvalue weighted by Gasteiger charge is 2.15. The molecule has 1 N–H and O–H groups in total. The van der Waals surface area contributed by atoms with Crippen molar-refractivity contribution >= 4 is 34.6 Å². The first-order valence-electron chi connectivity index (χ1n) is 6.05. The SMILES string of the molecule is CC(C)(C)OC(=O)NCCOCCOCCOPI. The quantitative estimate of drug-likeness (QED) is 0.343. The molecule has 0 fully saturated rings. The number of ether oxygens (including phenoxy) is 3. The van der Waals surface area contributed by atoms with Crippen molar-refractivity contribution in [2.75, 3.05) is 39.6 Å². The van der Waals surface area contributed by atoms with Crippen LogP contribution in [0.4, 0.5) is 4.79 Å². The van der Waals surface area contributed by atoms with Gasteiger partial charge in [0.15, 0.2) is 0 Å². The molecule has 0 aromatic rings. The third-order valence-electron chi connectivity index (χ3n) is 1.67. The zero-order chi connectivity index (χ0) is 14.6. The van der Waals surface area contributed by atoms with Gasteiger partial charge in [-0.1, -0.05) is 0 Å². The molecule has 0 aliphatic carbocycles. The second kappa shape index (κ2) is 12.1. The lowest BCUT2D eigenvalue weighted by Gasteiger charge is -2.19. The topological polar surface area (TPSA) is 66.0 Å². The van der Waals surface area contributed by atoms with E-state index in [4.69, 9.17) is 18.7 Å². The van der Waals surface area contributed by atoms with Crippen LogP contribution in [0.25, 0.3) is 0 Å². The van der Waals surface area contributed by atoms with Crippen molar-refractivity contribution in [3.63, 3.8) is 0 Å². The van der Waals surface area contributed by atoms with Crippen LogP contribution in [0.2, 0.25) is 0 Å². The van der Waals surface area contributed by atoms with Crippen molar-refractivity contribution in [1.82, 2.24) is 5.32 Å². The first kappa shape index (κ1) is 19.3. The fourth-order valence-electron chi connectivity index (χ4n) is 1.00. The van der Waals surface area contributed by atoms with Crippen molar-refractivity contribution in [2.24, 2.45) is 0 Å². The van der Waals surface area contributed by atoms with Crippen LogP contribution in [0.3, 0.4) is 0 Å². The van der Waals surface area contributed by atoms with Gasteiger partial charge in [0.05, 0.1) is 39.5 Å². The van der Waals surface area contributed by atoms with Gasteiger partial charge >= 0.3 is 6.09 Å². The third kappa shape index (κ3) is 16.3. The van der Waals surface area contributed by atoms with E-state index < -0.39 is 11.7 Å². The highest BCUT2D eigenvalue weighted by molar-refractivity contribution is 14.2. The van der Waals surface area contributed by atoms with Crippen LogP contribution in [-0.4, -0.2) is 51.3 Å². The molecule has 114 valence electrons. The molecule has 0 aliphatic heterocycles. The van der Waals surface area contributed by atoms with Crippen LogP contribution >= 0.6 is 28.5 Å². The molecular weight excluding hydrogens is 384 g/mol. The zero-order valence-electron chi connectivity index (χ0n) is 11.7. The van der Waals surface area contributed by atoms with Gasteiger partial charge in [0.25, 0.3) is 0 Å². The van der Waals surface area contributed by atoms with Gasteiger partial charge in [-0.3, -0.25) is 0 Å². The summed E-state index contributed by atoms with van der Waals surface area (Å²) in [4.78, 5) is 11.3. The highest BCUT2D eigenvalue weighted by atomic mass is 127.